The molecule has 0 saturated carbocycles. The number of aliphatic carboxylic acids is 1. The molecule has 0 radical (unpaired) electrons. The fourth-order valence-corrected chi connectivity index (χ4v) is 4.42. The topological polar surface area (TPSA) is 95.9 Å². The number of aliphatic hydroxyl groups is 1. The number of benzene rings is 3. The first-order valence-electron chi connectivity index (χ1n) is 12.6. The SMILES string of the molecule is Cc1cc(OC(c2ccc(C(=O)NC[C@H](O)C(=O)O)cc2)C(C)C)cc(C)c1-c1ccc(C(C)C)cc1. The number of carboxylic acid groups (broad SMARTS) is 1. The molecule has 0 saturated heterocycles. The van der Waals surface area contributed by atoms with Crippen LogP contribution in [0.2, 0.25) is 0 Å². The molecule has 0 heterocycles. The van der Waals surface area contributed by atoms with Crippen LogP contribution in [0.4, 0.5) is 0 Å². The Morgan fingerprint density at radius 2 is 1.41 bits per heavy atom. The minimum Gasteiger partial charge on any atom is -0.485 e. The second-order valence-electron chi connectivity index (χ2n) is 10.2. The number of carboxylic acids is 1. The molecule has 0 bridgehead atoms. The highest BCUT2D eigenvalue weighted by Gasteiger charge is 2.20. The van der Waals surface area contributed by atoms with Crippen LogP contribution in [0.1, 0.15) is 72.3 Å². The van der Waals surface area contributed by atoms with Gasteiger partial charge in [0.1, 0.15) is 11.9 Å². The van der Waals surface area contributed by atoms with Crippen LogP contribution >= 0.6 is 0 Å². The molecule has 0 aromatic heterocycles. The lowest BCUT2D eigenvalue weighted by atomic mass is 9.93. The van der Waals surface area contributed by atoms with Crippen molar-refractivity contribution >= 4 is 11.9 Å². The van der Waals surface area contributed by atoms with Crippen LogP contribution in [0.3, 0.4) is 0 Å². The predicted octanol–water partition coefficient (Wildman–Crippen LogP) is 6.05. The first-order chi connectivity index (χ1) is 17.5. The number of hydrogen-bond donors (Lipinski definition) is 3. The Labute approximate surface area is 219 Å². The van der Waals surface area contributed by atoms with E-state index >= 15 is 0 Å². The molecule has 1 unspecified atom stereocenters. The van der Waals surface area contributed by atoms with Gasteiger partial charge in [-0.05, 0) is 83.3 Å². The standard InChI is InChI=1S/C31H37NO5/c1-18(2)22-7-9-23(10-8-22)28-20(5)15-26(16-21(28)6)37-29(19(3)4)24-11-13-25(14-12-24)30(34)32-17-27(33)31(35)36/h7-16,18-19,27,29,33H,17H2,1-6H3,(H,32,34)(H,35,36)/t27-,29?/m0/s1. The number of hydrogen-bond acceptors (Lipinski definition) is 4. The largest absolute Gasteiger partial charge is 0.485 e. The van der Waals surface area contributed by atoms with Crippen molar-refractivity contribution in [2.24, 2.45) is 5.92 Å². The summed E-state index contributed by atoms with van der Waals surface area (Å²) in [5.41, 5.74) is 7.32. The number of rotatable bonds is 10. The molecule has 3 aromatic carbocycles. The first-order valence-corrected chi connectivity index (χ1v) is 12.6. The molecule has 196 valence electrons. The van der Waals surface area contributed by atoms with E-state index in [1.807, 2.05) is 12.1 Å². The van der Waals surface area contributed by atoms with Crippen molar-refractivity contribution < 1.29 is 24.5 Å². The molecule has 0 fully saturated rings. The van der Waals surface area contributed by atoms with Crippen molar-refractivity contribution in [3.63, 3.8) is 0 Å². The van der Waals surface area contributed by atoms with Crippen LogP contribution in [0.25, 0.3) is 11.1 Å². The lowest BCUT2D eigenvalue weighted by molar-refractivity contribution is -0.146. The Morgan fingerprint density at radius 3 is 1.89 bits per heavy atom. The van der Waals surface area contributed by atoms with E-state index in [-0.39, 0.29) is 18.6 Å². The molecule has 3 aromatic rings. The summed E-state index contributed by atoms with van der Waals surface area (Å²) in [6.07, 6.45) is -1.86. The Morgan fingerprint density at radius 1 is 0.865 bits per heavy atom. The van der Waals surface area contributed by atoms with Gasteiger partial charge in [0.15, 0.2) is 6.10 Å². The molecule has 6 nitrogen and oxygen atoms in total. The number of ether oxygens (including phenoxy) is 1. The average molecular weight is 504 g/mol. The van der Waals surface area contributed by atoms with Gasteiger partial charge in [-0.25, -0.2) is 4.79 Å². The lowest BCUT2D eigenvalue weighted by Gasteiger charge is -2.24. The van der Waals surface area contributed by atoms with Gasteiger partial charge in [-0.3, -0.25) is 4.79 Å². The van der Waals surface area contributed by atoms with E-state index in [1.54, 1.807) is 12.1 Å². The van der Waals surface area contributed by atoms with Gasteiger partial charge in [-0.2, -0.15) is 0 Å². The molecular formula is C31H37NO5. The maximum Gasteiger partial charge on any atom is 0.334 e. The molecule has 3 N–H and O–H groups in total. The molecule has 37 heavy (non-hydrogen) atoms. The van der Waals surface area contributed by atoms with Crippen molar-refractivity contribution in [3.8, 4) is 16.9 Å². The third kappa shape index (κ3) is 6.98. The van der Waals surface area contributed by atoms with E-state index in [9.17, 15) is 14.7 Å². The Hall–Kier alpha value is -3.64. The molecule has 6 heteroatoms. The molecule has 3 rings (SSSR count). The fraction of sp³-hybridized carbons (Fsp3) is 0.355. The summed E-state index contributed by atoms with van der Waals surface area (Å²) in [4.78, 5) is 23.0. The number of nitrogens with one attached hydrogen (secondary N) is 1. The van der Waals surface area contributed by atoms with Gasteiger partial charge in [0.05, 0.1) is 6.54 Å². The molecule has 0 aliphatic heterocycles. The zero-order valence-electron chi connectivity index (χ0n) is 22.4. The highest BCUT2D eigenvalue weighted by Crippen LogP contribution is 2.35. The summed E-state index contributed by atoms with van der Waals surface area (Å²) in [5, 5.41) is 20.5. The summed E-state index contributed by atoms with van der Waals surface area (Å²) in [6.45, 7) is 12.4. The van der Waals surface area contributed by atoms with Crippen molar-refractivity contribution in [2.75, 3.05) is 6.54 Å². The van der Waals surface area contributed by atoms with Crippen molar-refractivity contribution in [2.45, 2.75) is 59.7 Å². The summed E-state index contributed by atoms with van der Waals surface area (Å²) >= 11 is 0. The van der Waals surface area contributed by atoms with Gasteiger partial charge in [-0.15, -0.1) is 0 Å². The van der Waals surface area contributed by atoms with E-state index in [0.29, 0.717) is 11.5 Å². The number of carbonyl (C=O) groups is 2. The fourth-order valence-electron chi connectivity index (χ4n) is 4.42. The van der Waals surface area contributed by atoms with Crippen molar-refractivity contribution in [1.82, 2.24) is 5.32 Å². The Balaban J connectivity index is 1.78. The summed E-state index contributed by atoms with van der Waals surface area (Å²) in [7, 11) is 0. The third-order valence-electron chi connectivity index (χ3n) is 6.48. The van der Waals surface area contributed by atoms with Gasteiger partial charge < -0.3 is 20.3 Å². The van der Waals surface area contributed by atoms with E-state index in [1.165, 1.54) is 16.7 Å². The van der Waals surface area contributed by atoms with Crippen LogP contribution < -0.4 is 10.1 Å². The second kappa shape index (κ2) is 12.1. The minimum absolute atomic E-state index is 0.175. The maximum atomic E-state index is 12.3. The number of aliphatic hydroxyl groups excluding tert-OH is 1. The van der Waals surface area contributed by atoms with Gasteiger partial charge in [0.2, 0.25) is 0 Å². The van der Waals surface area contributed by atoms with Gasteiger partial charge >= 0.3 is 5.97 Å². The summed E-state index contributed by atoms with van der Waals surface area (Å²) in [6, 6.07) is 19.9. The van der Waals surface area contributed by atoms with E-state index in [2.05, 4.69) is 83.3 Å². The zero-order chi connectivity index (χ0) is 27.3. The highest BCUT2D eigenvalue weighted by atomic mass is 16.5. The van der Waals surface area contributed by atoms with Gasteiger partial charge in [0, 0.05) is 5.56 Å². The first kappa shape index (κ1) is 27.9. The van der Waals surface area contributed by atoms with Crippen molar-refractivity contribution in [1.29, 1.82) is 0 Å². The predicted molar refractivity (Wildman–Crippen MR) is 146 cm³/mol. The van der Waals surface area contributed by atoms with Crippen LogP contribution in [-0.2, 0) is 4.79 Å². The normalized spacial score (nSPS) is 12.9. The molecular weight excluding hydrogens is 466 g/mol. The summed E-state index contributed by atoms with van der Waals surface area (Å²) in [5.74, 6) is -0.365. The maximum absolute atomic E-state index is 12.3. The quantitative estimate of drug-likeness (QED) is 0.313. The average Bonchev–Trinajstić information content (AvgIpc) is 2.85. The molecule has 0 aliphatic rings. The van der Waals surface area contributed by atoms with E-state index in [4.69, 9.17) is 9.84 Å². The number of carbonyl (C=O) groups excluding carboxylic acids is 1. The summed E-state index contributed by atoms with van der Waals surface area (Å²) < 4.78 is 6.47. The molecule has 0 spiro atoms. The zero-order valence-corrected chi connectivity index (χ0v) is 22.4. The number of amides is 1. The second-order valence-corrected chi connectivity index (χ2v) is 10.2. The molecule has 1 amide bonds. The van der Waals surface area contributed by atoms with Crippen molar-refractivity contribution in [3.05, 3.63) is 88.5 Å². The smallest absolute Gasteiger partial charge is 0.334 e. The van der Waals surface area contributed by atoms with Crippen LogP contribution in [0.5, 0.6) is 5.75 Å². The van der Waals surface area contributed by atoms with E-state index in [0.717, 1.165) is 22.4 Å². The van der Waals surface area contributed by atoms with Gasteiger partial charge in [0.25, 0.3) is 5.91 Å². The lowest BCUT2D eigenvalue weighted by Crippen LogP contribution is -2.36. The van der Waals surface area contributed by atoms with E-state index < -0.39 is 18.0 Å². The third-order valence-corrected chi connectivity index (χ3v) is 6.48. The monoisotopic (exact) mass is 503 g/mol. The Kier molecular flexibility index (Phi) is 9.11. The Bertz CT molecular complexity index is 1210. The van der Waals surface area contributed by atoms with Crippen LogP contribution in [-0.4, -0.2) is 34.7 Å². The van der Waals surface area contributed by atoms with Crippen LogP contribution in [0, 0.1) is 19.8 Å². The number of aryl methyl sites for hydroxylation is 2. The molecule has 0 aliphatic carbocycles. The molecule has 2 atom stereocenters. The highest BCUT2D eigenvalue weighted by molar-refractivity contribution is 5.94. The van der Waals surface area contributed by atoms with Gasteiger partial charge in [-0.1, -0.05) is 64.1 Å². The van der Waals surface area contributed by atoms with Crippen LogP contribution in [0.15, 0.2) is 60.7 Å². The minimum atomic E-state index is -1.64.